The number of rotatable bonds is 5. The number of hydrogen-bond acceptors (Lipinski definition) is 2. The number of halogens is 2. The molecule has 0 spiro atoms. The minimum Gasteiger partial charge on any atom is -0.296 e. The summed E-state index contributed by atoms with van der Waals surface area (Å²) < 4.78 is 3.78. The van der Waals surface area contributed by atoms with Crippen LogP contribution in [0.25, 0.3) is 5.69 Å². The molecule has 3 unspecified atom stereocenters. The fourth-order valence-electron chi connectivity index (χ4n) is 5.75. The molecule has 2 saturated heterocycles. The molecule has 6 heteroatoms. The lowest BCUT2D eigenvalue weighted by atomic mass is 9.70. The Hall–Kier alpha value is -2.01. The maximum Gasteiger partial charge on any atom is 0.276 e. The zero-order chi connectivity index (χ0) is 22.4. The standard InChI is InChI=1S/C26H29Cl2N3O/c1-17-23(26(32)31(29(17)2)21-6-4-3-5-7-21)16-30-15-19-9-10-22(30)14-20(19)12-18-8-11-24(27)25(28)13-18/h3-8,11,13,19-20,22H,9-10,12,14-16H2,1-2H3. The van der Waals surface area contributed by atoms with E-state index in [9.17, 15) is 4.79 Å². The molecule has 0 amide bonds. The molecule has 3 heterocycles. The Bertz CT molecular complexity index is 1180. The Kier molecular flexibility index (Phi) is 5.96. The lowest BCUT2D eigenvalue weighted by molar-refractivity contribution is -0.000329. The summed E-state index contributed by atoms with van der Waals surface area (Å²) in [6, 6.07) is 16.5. The van der Waals surface area contributed by atoms with Crippen molar-refractivity contribution in [1.82, 2.24) is 14.3 Å². The second-order valence-electron chi connectivity index (χ2n) is 9.41. The molecule has 1 saturated carbocycles. The van der Waals surface area contributed by atoms with E-state index >= 15 is 0 Å². The third-order valence-corrected chi connectivity index (χ3v) is 8.35. The maximum atomic E-state index is 13.3. The molecular formula is C26H29Cl2N3O. The molecule has 168 valence electrons. The highest BCUT2D eigenvalue weighted by Crippen LogP contribution is 2.42. The highest BCUT2D eigenvalue weighted by molar-refractivity contribution is 6.42. The number of piperidine rings is 2. The molecular weight excluding hydrogens is 441 g/mol. The summed E-state index contributed by atoms with van der Waals surface area (Å²) >= 11 is 12.3. The third-order valence-electron chi connectivity index (χ3n) is 7.61. The zero-order valence-corrected chi connectivity index (χ0v) is 20.1. The van der Waals surface area contributed by atoms with Gasteiger partial charge in [0.05, 0.1) is 21.3 Å². The highest BCUT2D eigenvalue weighted by atomic mass is 35.5. The largest absolute Gasteiger partial charge is 0.296 e. The van der Waals surface area contributed by atoms with Gasteiger partial charge in [-0.15, -0.1) is 0 Å². The first kappa shape index (κ1) is 21.8. The number of benzene rings is 2. The van der Waals surface area contributed by atoms with Crippen molar-refractivity contribution >= 4 is 23.2 Å². The molecule has 1 aromatic heterocycles. The molecule has 3 aliphatic rings. The monoisotopic (exact) mass is 469 g/mol. The van der Waals surface area contributed by atoms with Gasteiger partial charge >= 0.3 is 0 Å². The van der Waals surface area contributed by atoms with Gasteiger partial charge in [-0.05, 0) is 74.3 Å². The van der Waals surface area contributed by atoms with Gasteiger partial charge in [0.1, 0.15) is 0 Å². The van der Waals surface area contributed by atoms with E-state index in [-0.39, 0.29) is 5.56 Å². The van der Waals surface area contributed by atoms with Crippen LogP contribution in [-0.2, 0) is 20.0 Å². The summed E-state index contributed by atoms with van der Waals surface area (Å²) in [6.45, 7) is 3.86. The lowest BCUT2D eigenvalue weighted by Gasteiger charge is -2.49. The van der Waals surface area contributed by atoms with E-state index in [0.29, 0.717) is 27.9 Å². The Morgan fingerprint density at radius 3 is 2.50 bits per heavy atom. The normalized spacial score (nSPS) is 23.1. The van der Waals surface area contributed by atoms with E-state index in [2.05, 4.69) is 17.9 Å². The van der Waals surface area contributed by atoms with Crippen LogP contribution in [0.4, 0.5) is 0 Å². The van der Waals surface area contributed by atoms with Gasteiger partial charge < -0.3 is 0 Å². The van der Waals surface area contributed by atoms with Crippen molar-refractivity contribution in [2.45, 2.75) is 45.2 Å². The van der Waals surface area contributed by atoms with Crippen LogP contribution in [0.3, 0.4) is 0 Å². The predicted molar refractivity (Wildman–Crippen MR) is 131 cm³/mol. The molecule has 2 aliphatic heterocycles. The summed E-state index contributed by atoms with van der Waals surface area (Å²) in [6.07, 6.45) is 4.73. The van der Waals surface area contributed by atoms with Gasteiger partial charge in [0.2, 0.25) is 0 Å². The molecule has 3 atom stereocenters. The van der Waals surface area contributed by atoms with Gasteiger partial charge in [0.15, 0.2) is 0 Å². The minimum absolute atomic E-state index is 0.102. The van der Waals surface area contributed by atoms with Gasteiger partial charge in [-0.3, -0.25) is 14.4 Å². The van der Waals surface area contributed by atoms with Crippen LogP contribution < -0.4 is 5.56 Å². The van der Waals surface area contributed by atoms with Crippen molar-refractivity contribution in [2.75, 3.05) is 6.54 Å². The molecule has 3 fully saturated rings. The summed E-state index contributed by atoms with van der Waals surface area (Å²) in [7, 11) is 1.98. The van der Waals surface area contributed by atoms with Gasteiger partial charge in [0, 0.05) is 31.9 Å². The first-order valence-corrected chi connectivity index (χ1v) is 12.2. The summed E-state index contributed by atoms with van der Waals surface area (Å²) in [5.41, 5.74) is 4.26. The Morgan fingerprint density at radius 1 is 1.03 bits per heavy atom. The van der Waals surface area contributed by atoms with Gasteiger partial charge in [-0.25, -0.2) is 4.68 Å². The number of aromatic nitrogens is 2. The third kappa shape index (κ3) is 3.93. The Balaban J connectivity index is 1.33. The van der Waals surface area contributed by atoms with Gasteiger partial charge in [-0.2, -0.15) is 0 Å². The molecule has 2 bridgehead atoms. The van der Waals surface area contributed by atoms with Crippen LogP contribution in [0.5, 0.6) is 0 Å². The molecule has 3 aromatic rings. The lowest BCUT2D eigenvalue weighted by Crippen LogP contribution is -2.52. The van der Waals surface area contributed by atoms with Crippen LogP contribution in [-0.4, -0.2) is 26.9 Å². The molecule has 6 rings (SSSR count). The first-order valence-electron chi connectivity index (χ1n) is 11.4. The average molecular weight is 470 g/mol. The van der Waals surface area contributed by atoms with E-state index in [1.54, 1.807) is 4.68 Å². The van der Waals surface area contributed by atoms with Crippen LogP contribution in [0.15, 0.2) is 53.3 Å². The van der Waals surface area contributed by atoms with Crippen LogP contribution in [0, 0.1) is 18.8 Å². The second-order valence-corrected chi connectivity index (χ2v) is 10.2. The topological polar surface area (TPSA) is 30.2 Å². The number of para-hydroxylation sites is 1. The molecule has 4 nitrogen and oxygen atoms in total. The van der Waals surface area contributed by atoms with Crippen molar-refractivity contribution < 1.29 is 0 Å². The minimum atomic E-state index is 0.102. The fraction of sp³-hybridized carbons (Fsp3) is 0.423. The average Bonchev–Trinajstić information content (AvgIpc) is 3.01. The van der Waals surface area contributed by atoms with Gasteiger partial charge in [0.25, 0.3) is 5.56 Å². The molecule has 0 N–H and O–H groups in total. The van der Waals surface area contributed by atoms with E-state index in [1.807, 2.05) is 54.2 Å². The fourth-order valence-corrected chi connectivity index (χ4v) is 6.07. The van der Waals surface area contributed by atoms with Crippen molar-refractivity contribution in [2.24, 2.45) is 18.9 Å². The zero-order valence-electron chi connectivity index (χ0n) is 18.6. The van der Waals surface area contributed by atoms with E-state index in [0.717, 1.165) is 36.5 Å². The van der Waals surface area contributed by atoms with Crippen molar-refractivity contribution in [1.29, 1.82) is 0 Å². The van der Waals surface area contributed by atoms with E-state index in [1.165, 1.54) is 24.8 Å². The molecule has 0 radical (unpaired) electrons. The smallest absolute Gasteiger partial charge is 0.276 e. The SMILES string of the molecule is Cc1c(CN2CC3CCC2CC3Cc2ccc(Cl)c(Cl)c2)c(=O)n(-c2ccccc2)n1C. The van der Waals surface area contributed by atoms with Crippen LogP contribution in [0.1, 0.15) is 36.1 Å². The second kappa shape index (κ2) is 8.74. The Labute approximate surface area is 199 Å². The molecule has 2 aromatic carbocycles. The van der Waals surface area contributed by atoms with Crippen molar-refractivity contribution in [3.63, 3.8) is 0 Å². The number of hydrogen-bond donors (Lipinski definition) is 0. The first-order chi connectivity index (χ1) is 15.4. The van der Waals surface area contributed by atoms with Crippen LogP contribution >= 0.6 is 23.2 Å². The van der Waals surface area contributed by atoms with Crippen LogP contribution in [0.2, 0.25) is 10.0 Å². The molecule has 1 aliphatic carbocycles. The maximum absolute atomic E-state index is 13.3. The summed E-state index contributed by atoms with van der Waals surface area (Å²) in [5.74, 6) is 1.33. The Morgan fingerprint density at radius 2 is 1.81 bits per heavy atom. The predicted octanol–water partition coefficient (Wildman–Crippen LogP) is 5.63. The van der Waals surface area contributed by atoms with Crippen molar-refractivity contribution in [3.8, 4) is 5.69 Å². The van der Waals surface area contributed by atoms with E-state index < -0.39 is 0 Å². The number of nitrogens with zero attached hydrogens (tertiary/aromatic N) is 3. The van der Waals surface area contributed by atoms with E-state index in [4.69, 9.17) is 23.2 Å². The van der Waals surface area contributed by atoms with Crippen molar-refractivity contribution in [3.05, 3.63) is 85.8 Å². The molecule has 32 heavy (non-hydrogen) atoms. The number of fused-ring (bicyclic) bond motifs is 3. The quantitative estimate of drug-likeness (QED) is 0.484. The summed E-state index contributed by atoms with van der Waals surface area (Å²) in [5, 5.41) is 1.26. The van der Waals surface area contributed by atoms with Gasteiger partial charge in [-0.1, -0.05) is 47.5 Å². The summed E-state index contributed by atoms with van der Waals surface area (Å²) in [4.78, 5) is 15.9. The highest BCUT2D eigenvalue weighted by Gasteiger charge is 2.40.